The fourth-order valence-electron chi connectivity index (χ4n) is 6.80. The molecule has 2 fully saturated rings. The Kier molecular flexibility index (Phi) is 9.20. The smallest absolute Gasteiger partial charge is 0.166 e. The predicted molar refractivity (Wildman–Crippen MR) is 141 cm³/mol. The summed E-state index contributed by atoms with van der Waals surface area (Å²) in [5, 5.41) is 1.27. The normalized spacial score (nSPS) is 25.9. The molecule has 34 heavy (non-hydrogen) atoms. The van der Waals surface area contributed by atoms with Gasteiger partial charge in [-0.25, -0.2) is 8.78 Å². The molecule has 186 valence electrons. The van der Waals surface area contributed by atoms with Crippen LogP contribution in [0.15, 0.2) is 36.4 Å². The second-order valence-corrected chi connectivity index (χ2v) is 11.1. The molecule has 0 atom stereocenters. The molecule has 0 unspecified atom stereocenters. The molecule has 0 radical (unpaired) electrons. The van der Waals surface area contributed by atoms with Crippen molar-refractivity contribution >= 4 is 10.8 Å². The van der Waals surface area contributed by atoms with E-state index in [0.717, 1.165) is 29.6 Å². The van der Waals surface area contributed by atoms with Gasteiger partial charge in [-0.05, 0) is 111 Å². The maximum atomic E-state index is 15.0. The first-order valence-electron chi connectivity index (χ1n) is 14.1. The fraction of sp³-hybridized carbons (Fsp3) is 0.625. The molecule has 2 aliphatic rings. The molecule has 0 heterocycles. The van der Waals surface area contributed by atoms with E-state index in [9.17, 15) is 8.78 Å². The molecule has 0 aliphatic heterocycles. The van der Waals surface area contributed by atoms with Crippen LogP contribution < -0.4 is 0 Å². The van der Waals surface area contributed by atoms with E-state index >= 15 is 0 Å². The highest BCUT2D eigenvalue weighted by Gasteiger charge is 2.31. The van der Waals surface area contributed by atoms with Crippen LogP contribution in [0.4, 0.5) is 8.78 Å². The van der Waals surface area contributed by atoms with Crippen molar-refractivity contribution in [1.82, 2.24) is 0 Å². The number of allylic oxidation sites excluding steroid dienone is 2. The third-order valence-electron chi connectivity index (χ3n) is 8.95. The lowest BCUT2D eigenvalue weighted by molar-refractivity contribution is 0.155. The lowest BCUT2D eigenvalue weighted by Gasteiger charge is -2.38. The summed E-state index contributed by atoms with van der Waals surface area (Å²) in [5.74, 6) is 1.94. The molecule has 0 amide bonds. The highest BCUT2D eigenvalue weighted by molar-refractivity contribution is 5.85. The maximum absolute atomic E-state index is 15.0. The summed E-state index contributed by atoms with van der Waals surface area (Å²) < 4.78 is 29.7. The summed E-state index contributed by atoms with van der Waals surface area (Å²) >= 11 is 0. The fourth-order valence-corrected chi connectivity index (χ4v) is 6.80. The first-order chi connectivity index (χ1) is 16.6. The van der Waals surface area contributed by atoms with Crippen molar-refractivity contribution in [2.24, 2.45) is 17.8 Å². The van der Waals surface area contributed by atoms with E-state index in [-0.39, 0.29) is 0 Å². The molecule has 4 rings (SSSR count). The molecule has 2 aromatic carbocycles. The molecule has 2 saturated carbocycles. The summed E-state index contributed by atoms with van der Waals surface area (Å²) in [6, 6.07) is 7.96. The van der Waals surface area contributed by atoms with E-state index in [0.29, 0.717) is 23.3 Å². The Bertz CT molecular complexity index is 943. The Morgan fingerprint density at radius 3 is 2.24 bits per heavy atom. The van der Waals surface area contributed by atoms with Crippen molar-refractivity contribution in [1.29, 1.82) is 0 Å². The van der Waals surface area contributed by atoms with Gasteiger partial charge in [-0.2, -0.15) is 0 Å². The number of unbranched alkanes of at least 4 members (excludes halogenated alkanes) is 2. The van der Waals surface area contributed by atoms with Crippen molar-refractivity contribution in [3.05, 3.63) is 59.2 Å². The minimum absolute atomic E-state index is 0.452. The number of hydrogen-bond donors (Lipinski definition) is 0. The van der Waals surface area contributed by atoms with Gasteiger partial charge in [-0.3, -0.25) is 0 Å². The van der Waals surface area contributed by atoms with Crippen LogP contribution in [0.2, 0.25) is 0 Å². The van der Waals surface area contributed by atoms with Gasteiger partial charge < -0.3 is 0 Å². The van der Waals surface area contributed by atoms with Crippen LogP contribution in [0.5, 0.6) is 0 Å². The zero-order chi connectivity index (χ0) is 23.9. The third-order valence-corrected chi connectivity index (χ3v) is 8.95. The van der Waals surface area contributed by atoms with Crippen LogP contribution in [0.25, 0.3) is 10.8 Å². The average Bonchev–Trinajstić information content (AvgIpc) is 2.88. The van der Waals surface area contributed by atoms with Gasteiger partial charge in [0.05, 0.1) is 0 Å². The van der Waals surface area contributed by atoms with E-state index in [1.54, 1.807) is 0 Å². The summed E-state index contributed by atoms with van der Waals surface area (Å²) in [7, 11) is 0. The molecule has 0 spiro atoms. The first-order valence-corrected chi connectivity index (χ1v) is 14.1. The van der Waals surface area contributed by atoms with Crippen LogP contribution in [-0.2, 0) is 6.42 Å². The molecule has 0 N–H and O–H groups in total. The maximum Gasteiger partial charge on any atom is 0.166 e. The van der Waals surface area contributed by atoms with Crippen molar-refractivity contribution in [2.45, 2.75) is 110 Å². The summed E-state index contributed by atoms with van der Waals surface area (Å²) in [4.78, 5) is 0. The highest BCUT2D eigenvalue weighted by Crippen LogP contribution is 2.45. The molecule has 0 saturated heterocycles. The molecule has 0 bridgehead atoms. The minimum atomic E-state index is -0.667. The molecule has 0 nitrogen and oxygen atoms in total. The van der Waals surface area contributed by atoms with Gasteiger partial charge in [0.2, 0.25) is 0 Å². The second kappa shape index (κ2) is 12.3. The van der Waals surface area contributed by atoms with Crippen LogP contribution in [0, 0.1) is 29.4 Å². The van der Waals surface area contributed by atoms with Gasteiger partial charge in [0.1, 0.15) is 0 Å². The van der Waals surface area contributed by atoms with Crippen LogP contribution >= 0.6 is 0 Å². The van der Waals surface area contributed by atoms with Gasteiger partial charge in [0.15, 0.2) is 11.6 Å². The minimum Gasteiger partial charge on any atom is -0.203 e. The largest absolute Gasteiger partial charge is 0.203 e. The number of fused-ring (bicyclic) bond motifs is 1. The van der Waals surface area contributed by atoms with Crippen molar-refractivity contribution in [3.8, 4) is 0 Å². The van der Waals surface area contributed by atoms with Crippen LogP contribution in [-0.4, -0.2) is 0 Å². The van der Waals surface area contributed by atoms with E-state index in [2.05, 4.69) is 13.0 Å². The summed E-state index contributed by atoms with van der Waals surface area (Å²) in [6.07, 6.45) is 21.6. The Hall–Kier alpha value is -1.70. The average molecular weight is 467 g/mol. The zero-order valence-corrected chi connectivity index (χ0v) is 21.4. The second-order valence-electron chi connectivity index (χ2n) is 11.1. The molecule has 0 aromatic heterocycles. The van der Waals surface area contributed by atoms with Gasteiger partial charge in [0, 0.05) is 5.39 Å². The predicted octanol–water partition coefficient (Wildman–Crippen LogP) is 10.3. The Labute approximate surface area is 206 Å². The van der Waals surface area contributed by atoms with E-state index in [4.69, 9.17) is 0 Å². The third kappa shape index (κ3) is 6.10. The molecular weight excluding hydrogens is 422 g/mol. The van der Waals surface area contributed by atoms with E-state index < -0.39 is 11.6 Å². The molecule has 2 heteroatoms. The number of hydrogen-bond acceptors (Lipinski definition) is 0. The Balaban J connectivity index is 1.34. The standard InChI is InChI=1S/C32H44F2/c1-3-5-7-9-23-11-13-24(14-12-23)25-15-17-26(18-16-25)27-19-20-28-21-29(10-8-6-4-2)31(33)32(34)30(28)22-27/h4,6,19-26H,3,5,7-18H2,1-2H3/b6-4+. The quantitative estimate of drug-likeness (QED) is 0.255. The van der Waals surface area contributed by atoms with Crippen molar-refractivity contribution in [3.63, 3.8) is 0 Å². The van der Waals surface area contributed by atoms with Crippen LogP contribution in [0.1, 0.15) is 114 Å². The summed E-state index contributed by atoms with van der Waals surface area (Å²) in [6.45, 7) is 4.25. The number of aryl methyl sites for hydroxylation is 1. The van der Waals surface area contributed by atoms with E-state index in [1.807, 2.05) is 37.3 Å². The van der Waals surface area contributed by atoms with Gasteiger partial charge >= 0.3 is 0 Å². The van der Waals surface area contributed by atoms with Crippen molar-refractivity contribution < 1.29 is 8.78 Å². The Morgan fingerprint density at radius 1 is 0.853 bits per heavy atom. The van der Waals surface area contributed by atoms with Gasteiger partial charge in [-0.15, -0.1) is 0 Å². The highest BCUT2D eigenvalue weighted by atomic mass is 19.2. The number of rotatable bonds is 9. The van der Waals surface area contributed by atoms with Crippen molar-refractivity contribution in [2.75, 3.05) is 0 Å². The molecule has 2 aliphatic carbocycles. The monoisotopic (exact) mass is 466 g/mol. The van der Waals surface area contributed by atoms with E-state index in [1.165, 1.54) is 82.6 Å². The number of halogens is 2. The number of benzene rings is 2. The molecular formula is C32H44F2. The SMILES string of the molecule is C/C=C/CCc1cc2ccc(C3CCC(C4CCC(CCCCC)CC4)CC3)cc2c(F)c1F. The van der Waals surface area contributed by atoms with Gasteiger partial charge in [-0.1, -0.05) is 69.7 Å². The summed E-state index contributed by atoms with van der Waals surface area (Å²) in [5.41, 5.74) is 1.68. The lowest BCUT2D eigenvalue weighted by Crippen LogP contribution is -2.25. The lowest BCUT2D eigenvalue weighted by atomic mass is 9.68. The molecule has 2 aromatic rings. The zero-order valence-electron chi connectivity index (χ0n) is 21.4. The topological polar surface area (TPSA) is 0 Å². The van der Waals surface area contributed by atoms with Crippen LogP contribution in [0.3, 0.4) is 0 Å². The van der Waals surface area contributed by atoms with Gasteiger partial charge in [0.25, 0.3) is 0 Å². The first kappa shape index (κ1) is 25.4. The Morgan fingerprint density at radius 2 is 1.56 bits per heavy atom.